The predicted molar refractivity (Wildman–Crippen MR) is 225 cm³/mol. The van der Waals surface area contributed by atoms with E-state index in [0.29, 0.717) is 18.4 Å². The molecule has 3 amide bonds. The number of carbonyl (C=O) groups excluding carboxylic acids is 5. The summed E-state index contributed by atoms with van der Waals surface area (Å²) in [6.07, 6.45) is 3.10. The van der Waals surface area contributed by atoms with Gasteiger partial charge in [-0.2, -0.15) is 0 Å². The van der Waals surface area contributed by atoms with Crippen LogP contribution in [0.4, 0.5) is 4.79 Å². The third-order valence-electron chi connectivity index (χ3n) is 10.9. The zero-order chi connectivity index (χ0) is 42.4. The quantitative estimate of drug-likeness (QED) is 0.0573. The monoisotopic (exact) mass is 813 g/mol. The summed E-state index contributed by atoms with van der Waals surface area (Å²) < 4.78 is 16.8. The molecule has 0 saturated carbocycles. The Morgan fingerprint density at radius 1 is 0.750 bits per heavy atom. The van der Waals surface area contributed by atoms with Crippen molar-refractivity contribution < 1.29 is 43.3 Å². The number of rotatable bonds is 19. The molecule has 0 radical (unpaired) electrons. The highest BCUT2D eigenvalue weighted by Gasteiger charge is 2.35. The third kappa shape index (κ3) is 10.7. The molecule has 12 heteroatoms. The molecule has 2 aliphatic rings. The molecule has 60 heavy (non-hydrogen) atoms. The zero-order valence-corrected chi connectivity index (χ0v) is 33.5. The number of nitrogens with one attached hydrogen (secondary N) is 2. The highest BCUT2D eigenvalue weighted by molar-refractivity contribution is 5.90. The van der Waals surface area contributed by atoms with Gasteiger partial charge >= 0.3 is 18.0 Å². The summed E-state index contributed by atoms with van der Waals surface area (Å²) in [5, 5.41) is 15.4. The fraction of sp³-hybridized carbons (Fsp3) is 0.312. The fourth-order valence-electron chi connectivity index (χ4n) is 7.72. The van der Waals surface area contributed by atoms with E-state index in [1.165, 1.54) is 6.08 Å². The molecule has 0 unspecified atom stereocenters. The van der Waals surface area contributed by atoms with Crippen molar-refractivity contribution in [3.8, 4) is 11.1 Å². The average Bonchev–Trinajstić information content (AvgIpc) is 3.60. The molecule has 0 spiro atoms. The van der Waals surface area contributed by atoms with Gasteiger partial charge in [-0.3, -0.25) is 9.59 Å². The molecule has 312 valence electrons. The maximum absolute atomic E-state index is 13.9. The Morgan fingerprint density at radius 3 is 2.05 bits per heavy atom. The van der Waals surface area contributed by atoms with Gasteiger partial charge in [-0.25, -0.2) is 14.4 Å². The number of hydrogen-bond acceptors (Lipinski definition) is 9. The summed E-state index contributed by atoms with van der Waals surface area (Å²) in [4.78, 5) is 69.5. The Hall–Kier alpha value is -6.53. The first-order valence-electron chi connectivity index (χ1n) is 20.2. The minimum absolute atomic E-state index is 0.0323. The number of allylic oxidation sites excluding steroid dienone is 2. The van der Waals surface area contributed by atoms with E-state index >= 15 is 0 Å². The molecule has 0 saturated heterocycles. The first kappa shape index (κ1) is 43.1. The molecule has 4 aromatic rings. The Balaban J connectivity index is 1.11. The molecule has 4 atom stereocenters. The first-order chi connectivity index (χ1) is 29.2. The summed E-state index contributed by atoms with van der Waals surface area (Å²) in [6, 6.07) is 29.4. The van der Waals surface area contributed by atoms with Crippen LogP contribution < -0.4 is 10.6 Å². The van der Waals surface area contributed by atoms with Gasteiger partial charge in [0.1, 0.15) is 25.9 Å². The lowest BCUT2D eigenvalue weighted by Crippen LogP contribution is -2.50. The molecule has 1 aliphatic heterocycles. The molecule has 6 rings (SSSR count). The SMILES string of the molecule is C=CCC[C@H](NC(=O)OCC1c2ccccc2-c2ccccc21)C(=O)OC[C@@H](NC(=O)[C@@H](CC=C)CC(=O)N1Cc2ccccc2C[C@H]1CO)C(=O)OCc1ccccc1. The highest BCUT2D eigenvalue weighted by atomic mass is 16.6. The summed E-state index contributed by atoms with van der Waals surface area (Å²) in [6.45, 7) is 6.82. The molecule has 0 fully saturated rings. The summed E-state index contributed by atoms with van der Waals surface area (Å²) >= 11 is 0. The second kappa shape index (κ2) is 20.9. The van der Waals surface area contributed by atoms with Crippen LogP contribution in [0.5, 0.6) is 0 Å². The maximum atomic E-state index is 13.9. The second-order valence-electron chi connectivity index (χ2n) is 14.9. The van der Waals surface area contributed by atoms with E-state index in [1.807, 2.05) is 78.9 Å². The predicted octanol–water partition coefficient (Wildman–Crippen LogP) is 6.16. The largest absolute Gasteiger partial charge is 0.461 e. The van der Waals surface area contributed by atoms with Crippen molar-refractivity contribution in [2.45, 2.75) is 69.3 Å². The summed E-state index contributed by atoms with van der Waals surface area (Å²) in [7, 11) is 0. The number of amides is 3. The molecule has 1 aliphatic carbocycles. The van der Waals surface area contributed by atoms with Crippen LogP contribution in [0.1, 0.15) is 59.4 Å². The van der Waals surface area contributed by atoms with Crippen LogP contribution in [-0.2, 0) is 53.0 Å². The van der Waals surface area contributed by atoms with Gasteiger partial charge in [-0.15, -0.1) is 13.2 Å². The van der Waals surface area contributed by atoms with Crippen molar-refractivity contribution in [2.24, 2.45) is 5.92 Å². The maximum Gasteiger partial charge on any atom is 0.407 e. The molecule has 0 aromatic heterocycles. The van der Waals surface area contributed by atoms with Crippen molar-refractivity contribution in [1.82, 2.24) is 15.5 Å². The lowest BCUT2D eigenvalue weighted by molar-refractivity contribution is -0.156. The van der Waals surface area contributed by atoms with E-state index in [0.717, 1.165) is 33.4 Å². The number of aliphatic hydroxyl groups excluding tert-OH is 1. The van der Waals surface area contributed by atoms with Gasteiger partial charge in [0.05, 0.1) is 18.6 Å². The highest BCUT2D eigenvalue weighted by Crippen LogP contribution is 2.44. The molecule has 1 heterocycles. The summed E-state index contributed by atoms with van der Waals surface area (Å²) in [5.41, 5.74) is 6.92. The Kier molecular flexibility index (Phi) is 15.0. The van der Waals surface area contributed by atoms with Crippen LogP contribution in [0.3, 0.4) is 0 Å². The standard InChI is InChI=1S/C48H51N3O9/c1-3-5-24-42(50-48(57)60-30-41-39-22-13-11-20-37(39)38-21-12-14-23-40(38)41)46(55)59-31-43(47(56)58-29-32-16-7-6-8-17-32)49-45(54)34(15-4-2)26-44(53)51-27-35-19-10-9-18-33(35)25-36(51)28-52/h3-4,6-14,16-23,34,36,41-43,52H,1-2,5,15,24-31H2,(H,49,54)(H,50,57)/t34-,36-,42-,43+/m0/s1. The van der Waals surface area contributed by atoms with Gasteiger partial charge in [0.2, 0.25) is 11.8 Å². The second-order valence-corrected chi connectivity index (χ2v) is 14.9. The molecule has 12 nitrogen and oxygen atoms in total. The number of benzene rings is 4. The van der Waals surface area contributed by atoms with Gasteiger partial charge in [0.25, 0.3) is 0 Å². The van der Waals surface area contributed by atoms with Gasteiger partial charge in [-0.05, 0) is 64.6 Å². The van der Waals surface area contributed by atoms with Crippen molar-refractivity contribution in [3.63, 3.8) is 0 Å². The normalized spacial score (nSPS) is 15.5. The number of nitrogens with zero attached hydrogens (tertiary/aromatic N) is 1. The number of aliphatic hydroxyl groups is 1. The Bertz CT molecular complexity index is 2130. The molecule has 0 bridgehead atoms. The van der Waals surface area contributed by atoms with Crippen LogP contribution >= 0.6 is 0 Å². The minimum Gasteiger partial charge on any atom is -0.461 e. The molecule has 3 N–H and O–H groups in total. The molecular weight excluding hydrogens is 763 g/mol. The van der Waals surface area contributed by atoms with Crippen molar-refractivity contribution >= 4 is 29.8 Å². The van der Waals surface area contributed by atoms with Gasteiger partial charge < -0.3 is 34.9 Å². The van der Waals surface area contributed by atoms with Crippen molar-refractivity contribution in [1.29, 1.82) is 0 Å². The van der Waals surface area contributed by atoms with E-state index in [1.54, 1.807) is 35.2 Å². The Morgan fingerprint density at radius 2 is 1.38 bits per heavy atom. The number of carbonyl (C=O) groups is 5. The number of esters is 2. The zero-order valence-electron chi connectivity index (χ0n) is 33.5. The number of ether oxygens (including phenoxy) is 3. The van der Waals surface area contributed by atoms with E-state index in [2.05, 4.69) is 23.8 Å². The fourth-order valence-corrected chi connectivity index (χ4v) is 7.72. The topological polar surface area (TPSA) is 161 Å². The van der Waals surface area contributed by atoms with Crippen LogP contribution in [0, 0.1) is 5.92 Å². The van der Waals surface area contributed by atoms with E-state index in [4.69, 9.17) is 14.2 Å². The van der Waals surface area contributed by atoms with Crippen LogP contribution in [0.25, 0.3) is 11.1 Å². The average molecular weight is 814 g/mol. The lowest BCUT2D eigenvalue weighted by atomic mass is 9.92. The Labute approximate surface area is 350 Å². The number of fused-ring (bicyclic) bond motifs is 4. The van der Waals surface area contributed by atoms with E-state index < -0.39 is 54.6 Å². The number of alkyl carbamates (subject to hydrolysis) is 1. The molecule has 4 aromatic carbocycles. The van der Waals surface area contributed by atoms with Crippen molar-refractivity contribution in [2.75, 3.05) is 19.8 Å². The van der Waals surface area contributed by atoms with Crippen LogP contribution in [0.2, 0.25) is 0 Å². The minimum atomic E-state index is -1.46. The lowest BCUT2D eigenvalue weighted by Gasteiger charge is -2.36. The van der Waals surface area contributed by atoms with E-state index in [-0.39, 0.29) is 57.5 Å². The first-order valence-corrected chi connectivity index (χ1v) is 20.2. The third-order valence-corrected chi connectivity index (χ3v) is 10.9. The number of hydrogen-bond donors (Lipinski definition) is 3. The summed E-state index contributed by atoms with van der Waals surface area (Å²) in [5.74, 6) is -3.87. The smallest absolute Gasteiger partial charge is 0.407 e. The van der Waals surface area contributed by atoms with Crippen molar-refractivity contribution in [3.05, 3.63) is 156 Å². The van der Waals surface area contributed by atoms with Crippen LogP contribution in [0.15, 0.2) is 128 Å². The van der Waals surface area contributed by atoms with Gasteiger partial charge in [0, 0.05) is 18.9 Å². The molecular formula is C48H51N3O9. The van der Waals surface area contributed by atoms with Crippen LogP contribution in [-0.4, -0.2) is 77.8 Å². The van der Waals surface area contributed by atoms with Gasteiger partial charge in [0.15, 0.2) is 6.04 Å². The van der Waals surface area contributed by atoms with Gasteiger partial charge in [-0.1, -0.05) is 115 Å². The van der Waals surface area contributed by atoms with E-state index in [9.17, 15) is 29.1 Å².